The van der Waals surface area contributed by atoms with E-state index in [1.807, 2.05) is 25.1 Å². The summed E-state index contributed by atoms with van der Waals surface area (Å²) >= 11 is 0. The maximum atomic E-state index is 5.79. The Balaban J connectivity index is 1.83. The van der Waals surface area contributed by atoms with Crippen LogP contribution in [0, 0.1) is 0 Å². The Kier molecular flexibility index (Phi) is 3.29. The van der Waals surface area contributed by atoms with Crippen LogP contribution in [-0.2, 0) is 4.74 Å². The molecule has 0 bridgehead atoms. The highest BCUT2D eigenvalue weighted by Crippen LogP contribution is 2.23. The summed E-state index contributed by atoms with van der Waals surface area (Å²) in [5, 5.41) is 0. The van der Waals surface area contributed by atoms with Crippen LogP contribution in [0.25, 0.3) is 11.0 Å². The van der Waals surface area contributed by atoms with E-state index in [9.17, 15) is 0 Å². The van der Waals surface area contributed by atoms with Crippen molar-refractivity contribution >= 4 is 22.7 Å². The molecule has 1 aromatic carbocycles. The Labute approximate surface area is 112 Å². The average molecular weight is 260 g/mol. The molecule has 1 unspecified atom stereocenters. The van der Waals surface area contributed by atoms with Gasteiger partial charge in [-0.15, -0.1) is 0 Å². The number of aromatic nitrogens is 2. The second-order valence-corrected chi connectivity index (χ2v) is 5.00. The molecule has 1 saturated heterocycles. The van der Waals surface area contributed by atoms with Gasteiger partial charge in [-0.05, 0) is 38.0 Å². The zero-order valence-electron chi connectivity index (χ0n) is 11.2. The lowest BCUT2D eigenvalue weighted by Crippen LogP contribution is -2.40. The number of nitrogens with one attached hydrogen (secondary N) is 1. The van der Waals surface area contributed by atoms with Crippen LogP contribution < -0.4 is 10.6 Å². The number of piperidine rings is 1. The topological polar surface area (TPSA) is 67.2 Å². The Bertz CT molecular complexity index is 564. The van der Waals surface area contributed by atoms with Gasteiger partial charge in [-0.3, -0.25) is 0 Å². The van der Waals surface area contributed by atoms with Crippen LogP contribution in [0.4, 0.5) is 11.6 Å². The van der Waals surface area contributed by atoms with Gasteiger partial charge < -0.3 is 20.4 Å². The van der Waals surface area contributed by atoms with Crippen molar-refractivity contribution in [3.63, 3.8) is 0 Å². The van der Waals surface area contributed by atoms with Crippen LogP contribution in [0.2, 0.25) is 0 Å². The fraction of sp³-hybridized carbons (Fsp3) is 0.500. The average Bonchev–Trinajstić information content (AvgIpc) is 2.82. The maximum Gasteiger partial charge on any atom is 0.203 e. The number of nitrogens with two attached hydrogens (primary N) is 1. The molecule has 1 aliphatic heterocycles. The lowest BCUT2D eigenvalue weighted by Gasteiger charge is -2.32. The number of aromatic amines is 1. The van der Waals surface area contributed by atoms with Crippen molar-refractivity contribution < 1.29 is 4.74 Å². The van der Waals surface area contributed by atoms with Crippen molar-refractivity contribution in [1.82, 2.24) is 9.97 Å². The predicted octanol–water partition coefficient (Wildman–Crippen LogP) is 2.15. The van der Waals surface area contributed by atoms with Gasteiger partial charge >= 0.3 is 0 Å². The third-order valence-corrected chi connectivity index (χ3v) is 3.57. The monoisotopic (exact) mass is 260 g/mol. The smallest absolute Gasteiger partial charge is 0.203 e. The van der Waals surface area contributed by atoms with Gasteiger partial charge in [-0.2, -0.15) is 0 Å². The van der Waals surface area contributed by atoms with Crippen molar-refractivity contribution in [2.24, 2.45) is 0 Å². The first-order valence-corrected chi connectivity index (χ1v) is 6.88. The Morgan fingerprint density at radius 2 is 2.42 bits per heavy atom. The molecular weight excluding hydrogens is 240 g/mol. The van der Waals surface area contributed by atoms with E-state index in [0.29, 0.717) is 6.10 Å². The van der Waals surface area contributed by atoms with E-state index >= 15 is 0 Å². The molecule has 102 valence electrons. The molecule has 0 saturated carbocycles. The Morgan fingerprint density at radius 3 is 3.26 bits per heavy atom. The highest BCUT2D eigenvalue weighted by atomic mass is 16.5. The number of fused-ring (bicyclic) bond motifs is 1. The first kappa shape index (κ1) is 12.3. The number of H-pyrrole nitrogens is 1. The van der Waals surface area contributed by atoms with Crippen molar-refractivity contribution in [2.75, 3.05) is 30.3 Å². The summed E-state index contributed by atoms with van der Waals surface area (Å²) in [5.74, 6) is 0.921. The van der Waals surface area contributed by atoms with Crippen LogP contribution in [0.1, 0.15) is 19.8 Å². The molecular formula is C14H20N4O. The summed E-state index contributed by atoms with van der Waals surface area (Å²) in [6.07, 6.45) is 2.60. The molecule has 1 fully saturated rings. The van der Waals surface area contributed by atoms with Crippen LogP contribution in [0.3, 0.4) is 0 Å². The molecule has 5 nitrogen and oxygen atoms in total. The summed E-state index contributed by atoms with van der Waals surface area (Å²) < 4.78 is 5.72. The van der Waals surface area contributed by atoms with Gasteiger partial charge in [-0.25, -0.2) is 4.98 Å². The van der Waals surface area contributed by atoms with E-state index in [-0.39, 0.29) is 0 Å². The van der Waals surface area contributed by atoms with E-state index in [1.165, 1.54) is 0 Å². The number of nitrogens with zero attached hydrogens (tertiary/aromatic N) is 2. The number of imidazole rings is 1. The first-order chi connectivity index (χ1) is 9.26. The number of hydrogen-bond acceptors (Lipinski definition) is 4. The SMILES string of the molecule is CCOC1CCCN(c2nc3ccc(N)cc3[nH]2)C1. The standard InChI is InChI=1S/C14H20N4O/c1-2-19-11-4-3-7-18(9-11)14-16-12-6-5-10(15)8-13(12)17-14/h5-6,8,11H,2-4,7,9,15H2,1H3,(H,16,17). The second kappa shape index (κ2) is 5.09. The summed E-state index contributed by atoms with van der Waals surface area (Å²) in [6, 6.07) is 5.76. The maximum absolute atomic E-state index is 5.79. The minimum Gasteiger partial charge on any atom is -0.399 e. The van der Waals surface area contributed by atoms with Gasteiger partial charge in [0, 0.05) is 25.4 Å². The molecule has 19 heavy (non-hydrogen) atoms. The molecule has 2 aromatic rings. The van der Waals surface area contributed by atoms with Gasteiger partial charge in [-0.1, -0.05) is 0 Å². The molecule has 0 amide bonds. The van der Waals surface area contributed by atoms with E-state index in [4.69, 9.17) is 10.5 Å². The van der Waals surface area contributed by atoms with Gasteiger partial charge in [0.15, 0.2) is 0 Å². The molecule has 1 aliphatic rings. The molecule has 1 aromatic heterocycles. The highest BCUT2D eigenvalue weighted by Gasteiger charge is 2.22. The van der Waals surface area contributed by atoms with E-state index in [2.05, 4.69) is 14.9 Å². The first-order valence-electron chi connectivity index (χ1n) is 6.88. The van der Waals surface area contributed by atoms with Crippen molar-refractivity contribution in [2.45, 2.75) is 25.9 Å². The molecule has 5 heteroatoms. The molecule has 0 spiro atoms. The van der Waals surface area contributed by atoms with Gasteiger partial charge in [0.1, 0.15) is 0 Å². The van der Waals surface area contributed by atoms with Gasteiger partial charge in [0.2, 0.25) is 5.95 Å². The lowest BCUT2D eigenvalue weighted by atomic mass is 10.1. The van der Waals surface area contributed by atoms with Crippen molar-refractivity contribution in [3.05, 3.63) is 18.2 Å². The number of benzene rings is 1. The number of hydrogen-bond donors (Lipinski definition) is 2. The van der Waals surface area contributed by atoms with Crippen LogP contribution in [0.5, 0.6) is 0 Å². The van der Waals surface area contributed by atoms with Crippen LogP contribution in [0.15, 0.2) is 18.2 Å². The Morgan fingerprint density at radius 1 is 1.53 bits per heavy atom. The lowest BCUT2D eigenvalue weighted by molar-refractivity contribution is 0.0524. The second-order valence-electron chi connectivity index (χ2n) is 5.00. The zero-order chi connectivity index (χ0) is 13.2. The molecule has 3 N–H and O–H groups in total. The third kappa shape index (κ3) is 2.51. The number of rotatable bonds is 3. The van der Waals surface area contributed by atoms with E-state index in [0.717, 1.165) is 55.2 Å². The van der Waals surface area contributed by atoms with E-state index < -0.39 is 0 Å². The summed E-state index contributed by atoms with van der Waals surface area (Å²) in [7, 11) is 0. The molecule has 0 radical (unpaired) electrons. The molecule has 0 aliphatic carbocycles. The van der Waals surface area contributed by atoms with Crippen LogP contribution in [-0.4, -0.2) is 35.8 Å². The predicted molar refractivity (Wildman–Crippen MR) is 77.4 cm³/mol. The summed E-state index contributed by atoms with van der Waals surface area (Å²) in [6.45, 7) is 4.75. The number of anilines is 2. The third-order valence-electron chi connectivity index (χ3n) is 3.57. The van der Waals surface area contributed by atoms with E-state index in [1.54, 1.807) is 0 Å². The Hall–Kier alpha value is -1.75. The minimum atomic E-state index is 0.317. The van der Waals surface area contributed by atoms with Gasteiger partial charge in [0.05, 0.1) is 17.1 Å². The number of ether oxygens (including phenoxy) is 1. The quantitative estimate of drug-likeness (QED) is 0.830. The van der Waals surface area contributed by atoms with Crippen LogP contribution >= 0.6 is 0 Å². The largest absolute Gasteiger partial charge is 0.399 e. The molecule has 3 rings (SSSR count). The summed E-state index contributed by atoms with van der Waals surface area (Å²) in [4.78, 5) is 10.2. The van der Waals surface area contributed by atoms with Gasteiger partial charge in [0.25, 0.3) is 0 Å². The van der Waals surface area contributed by atoms with Crippen molar-refractivity contribution in [1.29, 1.82) is 0 Å². The van der Waals surface area contributed by atoms with Crippen molar-refractivity contribution in [3.8, 4) is 0 Å². The normalized spacial score (nSPS) is 20.1. The summed E-state index contributed by atoms with van der Waals surface area (Å²) in [5.41, 5.74) is 8.50. The fourth-order valence-electron chi connectivity index (χ4n) is 2.67. The fourth-order valence-corrected chi connectivity index (χ4v) is 2.67. The highest BCUT2D eigenvalue weighted by molar-refractivity contribution is 5.80. The zero-order valence-corrected chi connectivity index (χ0v) is 11.2. The minimum absolute atomic E-state index is 0.317. The molecule has 1 atom stereocenters. The molecule has 2 heterocycles. The number of nitrogen functional groups attached to an aromatic ring is 1.